The van der Waals surface area contributed by atoms with Crippen molar-refractivity contribution in [2.75, 3.05) is 0 Å². The Kier molecular flexibility index (Phi) is 7.64. The maximum Gasteiger partial charge on any atom is 0.416 e. The first-order valence-electron chi connectivity index (χ1n) is 11.1. The van der Waals surface area contributed by atoms with E-state index in [0.717, 1.165) is 24.3 Å². The van der Waals surface area contributed by atoms with Crippen LogP contribution in [0.5, 0.6) is 17.4 Å². The molecule has 0 bridgehead atoms. The number of ketones is 1. The second-order valence-electron chi connectivity index (χ2n) is 8.18. The highest BCUT2D eigenvalue weighted by Crippen LogP contribution is 2.35. The van der Waals surface area contributed by atoms with Crippen molar-refractivity contribution in [1.29, 1.82) is 5.26 Å². The molecule has 0 N–H and O–H groups in total. The van der Waals surface area contributed by atoms with Gasteiger partial charge in [-0.3, -0.25) is 14.9 Å². The highest BCUT2D eigenvalue weighted by Gasteiger charge is 2.33. The van der Waals surface area contributed by atoms with Crippen LogP contribution in [-0.4, -0.2) is 26.8 Å². The van der Waals surface area contributed by atoms with E-state index in [9.17, 15) is 33.3 Å². The van der Waals surface area contributed by atoms with Gasteiger partial charge in [-0.2, -0.15) is 18.4 Å². The molecular formula is C26H16ClF3N4O5. The van der Waals surface area contributed by atoms with Crippen LogP contribution < -0.4 is 9.47 Å². The summed E-state index contributed by atoms with van der Waals surface area (Å²) in [5.41, 5.74) is -0.722. The van der Waals surface area contributed by atoms with E-state index in [1.54, 1.807) is 24.3 Å². The topological polar surface area (TPSA) is 128 Å². The zero-order chi connectivity index (χ0) is 28.3. The van der Waals surface area contributed by atoms with Crippen molar-refractivity contribution in [2.45, 2.75) is 25.1 Å². The molecule has 13 heteroatoms. The van der Waals surface area contributed by atoms with Crippen LogP contribution in [0.3, 0.4) is 0 Å². The summed E-state index contributed by atoms with van der Waals surface area (Å²) in [6.45, 7) is 1.23. The van der Waals surface area contributed by atoms with E-state index in [1.165, 1.54) is 25.3 Å². The quantitative estimate of drug-likeness (QED) is 0.174. The molecule has 9 nitrogen and oxygen atoms in total. The maximum atomic E-state index is 13.1. The van der Waals surface area contributed by atoms with Crippen molar-refractivity contribution in [1.82, 2.24) is 9.97 Å². The number of carbonyl (C=O) groups is 1. The molecule has 2 unspecified atom stereocenters. The van der Waals surface area contributed by atoms with Crippen molar-refractivity contribution in [3.8, 4) is 23.4 Å². The monoisotopic (exact) mass is 556 g/mol. The number of nitro benzene ring substituents is 1. The molecule has 0 saturated carbocycles. The molecule has 4 rings (SSSR count). The minimum absolute atomic E-state index is 0.0582. The van der Waals surface area contributed by atoms with Gasteiger partial charge in [-0.05, 0) is 42.8 Å². The molecule has 0 fully saturated rings. The minimum atomic E-state index is -4.68. The Labute approximate surface area is 223 Å². The number of fused-ring (bicyclic) bond motifs is 1. The molecule has 198 valence electrons. The Morgan fingerprint density at radius 3 is 2.59 bits per heavy atom. The maximum absolute atomic E-state index is 13.1. The molecule has 0 radical (unpaired) electrons. The number of nitro groups is 1. The molecule has 39 heavy (non-hydrogen) atoms. The van der Waals surface area contributed by atoms with E-state index >= 15 is 0 Å². The lowest BCUT2D eigenvalue weighted by Gasteiger charge is -2.18. The number of nitriles is 1. The molecule has 0 saturated heterocycles. The molecule has 3 aromatic carbocycles. The summed E-state index contributed by atoms with van der Waals surface area (Å²) in [5, 5.41) is 21.6. The van der Waals surface area contributed by atoms with E-state index in [2.05, 4.69) is 9.97 Å². The van der Waals surface area contributed by atoms with Gasteiger partial charge >= 0.3 is 11.9 Å². The largest absolute Gasteiger partial charge is 0.476 e. The zero-order valence-electron chi connectivity index (χ0n) is 19.8. The van der Waals surface area contributed by atoms with E-state index in [4.69, 9.17) is 21.1 Å². The van der Waals surface area contributed by atoms with E-state index in [0.29, 0.717) is 22.1 Å². The summed E-state index contributed by atoms with van der Waals surface area (Å²) in [6, 6.07) is 13.9. The van der Waals surface area contributed by atoms with E-state index < -0.39 is 40.2 Å². The number of Topliss-reactive ketones (excluding diaryl/α,β-unsaturated/α-hetero) is 1. The van der Waals surface area contributed by atoms with Crippen molar-refractivity contribution in [3.05, 3.63) is 93.1 Å². The normalized spacial score (nSPS) is 12.8. The van der Waals surface area contributed by atoms with E-state index in [1.807, 2.05) is 0 Å². The fourth-order valence-electron chi connectivity index (χ4n) is 3.62. The number of rotatable bonds is 8. The molecule has 1 heterocycles. The summed E-state index contributed by atoms with van der Waals surface area (Å²) in [7, 11) is 0. The van der Waals surface area contributed by atoms with Crippen LogP contribution in [0.1, 0.15) is 24.0 Å². The Bertz CT molecular complexity index is 1620. The summed E-state index contributed by atoms with van der Waals surface area (Å²) in [6.07, 6.45) is -4.80. The summed E-state index contributed by atoms with van der Waals surface area (Å²) >= 11 is 5.94. The van der Waals surface area contributed by atoms with Gasteiger partial charge in [0.2, 0.25) is 11.6 Å². The van der Waals surface area contributed by atoms with Crippen LogP contribution in [0.2, 0.25) is 5.02 Å². The van der Waals surface area contributed by atoms with Gasteiger partial charge in [0.25, 0.3) is 0 Å². The lowest BCUT2D eigenvalue weighted by atomic mass is 9.92. The minimum Gasteiger partial charge on any atom is -0.476 e. The Morgan fingerprint density at radius 2 is 1.90 bits per heavy atom. The van der Waals surface area contributed by atoms with Crippen LogP contribution in [0.4, 0.5) is 18.9 Å². The third kappa shape index (κ3) is 6.22. The summed E-state index contributed by atoms with van der Waals surface area (Å²) in [5.74, 6) is -2.74. The predicted octanol–water partition coefficient (Wildman–Crippen LogP) is 6.65. The number of benzene rings is 3. The van der Waals surface area contributed by atoms with Gasteiger partial charge < -0.3 is 9.47 Å². The van der Waals surface area contributed by atoms with Gasteiger partial charge in [-0.15, -0.1) is 0 Å². The molecule has 0 aliphatic heterocycles. The SMILES string of the molecule is CC(Oc1cc(Oc2cnc3cc(Cl)ccc3n2)ccc1[N+](=O)[O-])C(=O)C(C#N)c1cccc(C(F)(F)F)c1. The highest BCUT2D eigenvalue weighted by molar-refractivity contribution is 6.31. The van der Waals surface area contributed by atoms with Gasteiger partial charge in [-0.1, -0.05) is 29.8 Å². The lowest BCUT2D eigenvalue weighted by Crippen LogP contribution is -2.29. The number of hydrogen-bond donors (Lipinski definition) is 0. The standard InChI is InChI=1S/C26H16ClF3N4O5/c1-14(25(35)19(12-31)15-3-2-4-16(9-15)26(28,29)30)38-23-11-18(6-8-22(23)34(36)37)39-24-13-32-21-10-17(27)5-7-20(21)33-24/h2-11,13-14,19H,1H3. The van der Waals surface area contributed by atoms with Gasteiger partial charge in [0.05, 0.1) is 33.8 Å². The number of ether oxygens (including phenoxy) is 2. The third-order valence-corrected chi connectivity index (χ3v) is 5.73. The van der Waals surface area contributed by atoms with Gasteiger partial charge in [0, 0.05) is 17.2 Å². The first kappa shape index (κ1) is 27.3. The molecule has 0 aliphatic rings. The predicted molar refractivity (Wildman–Crippen MR) is 133 cm³/mol. The average molecular weight is 557 g/mol. The molecule has 0 amide bonds. The highest BCUT2D eigenvalue weighted by atomic mass is 35.5. The van der Waals surface area contributed by atoms with Crippen LogP contribution in [-0.2, 0) is 11.0 Å². The van der Waals surface area contributed by atoms with Crippen LogP contribution in [0.25, 0.3) is 11.0 Å². The molecule has 4 aromatic rings. The van der Waals surface area contributed by atoms with Crippen LogP contribution in [0, 0.1) is 21.4 Å². The van der Waals surface area contributed by atoms with Crippen molar-refractivity contribution < 1.29 is 32.4 Å². The Balaban J connectivity index is 1.58. The molecule has 0 aliphatic carbocycles. The van der Waals surface area contributed by atoms with Crippen molar-refractivity contribution in [3.63, 3.8) is 0 Å². The second kappa shape index (κ2) is 10.9. The second-order valence-corrected chi connectivity index (χ2v) is 8.61. The molecule has 0 spiro atoms. The fraction of sp³-hybridized carbons (Fsp3) is 0.154. The molecule has 1 aromatic heterocycles. The third-order valence-electron chi connectivity index (χ3n) is 5.50. The smallest absolute Gasteiger partial charge is 0.416 e. The Morgan fingerprint density at radius 1 is 1.13 bits per heavy atom. The first-order chi connectivity index (χ1) is 18.5. The van der Waals surface area contributed by atoms with Gasteiger partial charge in [-0.25, -0.2) is 9.97 Å². The molecule has 2 atom stereocenters. The lowest BCUT2D eigenvalue weighted by molar-refractivity contribution is -0.386. The fourth-order valence-corrected chi connectivity index (χ4v) is 3.79. The van der Waals surface area contributed by atoms with E-state index in [-0.39, 0.29) is 22.9 Å². The summed E-state index contributed by atoms with van der Waals surface area (Å²) < 4.78 is 50.5. The number of alkyl halides is 3. The van der Waals surface area contributed by atoms with Gasteiger partial charge in [0.15, 0.2) is 11.9 Å². The van der Waals surface area contributed by atoms with Crippen molar-refractivity contribution >= 4 is 34.1 Å². The zero-order valence-corrected chi connectivity index (χ0v) is 20.6. The van der Waals surface area contributed by atoms with Crippen LogP contribution >= 0.6 is 11.6 Å². The summed E-state index contributed by atoms with van der Waals surface area (Å²) in [4.78, 5) is 32.3. The number of nitrogens with zero attached hydrogens (tertiary/aromatic N) is 4. The number of aromatic nitrogens is 2. The number of halogens is 4. The van der Waals surface area contributed by atoms with Crippen molar-refractivity contribution in [2.24, 2.45) is 0 Å². The average Bonchev–Trinajstić information content (AvgIpc) is 2.89. The van der Waals surface area contributed by atoms with Crippen LogP contribution in [0.15, 0.2) is 66.9 Å². The van der Waals surface area contributed by atoms with Gasteiger partial charge in [0.1, 0.15) is 11.7 Å². The first-order valence-corrected chi connectivity index (χ1v) is 11.5. The molecular weight excluding hydrogens is 541 g/mol. The Hall–Kier alpha value is -4.76. The number of hydrogen-bond acceptors (Lipinski definition) is 8. The number of carbonyl (C=O) groups excluding carboxylic acids is 1.